The molecule has 1 rings (SSSR count). The van der Waals surface area contributed by atoms with Crippen LogP contribution in [0, 0.1) is 0 Å². The van der Waals surface area contributed by atoms with Gasteiger partial charge in [-0.1, -0.05) is 26.7 Å². The molecule has 1 aliphatic heterocycles. The topological polar surface area (TPSA) is 15.3 Å². The van der Waals surface area contributed by atoms with Crippen LogP contribution < -0.4 is 5.43 Å². The summed E-state index contributed by atoms with van der Waals surface area (Å²) in [5.74, 6) is 0. The van der Waals surface area contributed by atoms with Crippen LogP contribution >= 0.6 is 0 Å². The molecule has 0 amide bonds. The molecule has 0 aliphatic carbocycles. The molecule has 0 aromatic carbocycles. The molecule has 1 heterocycles. The van der Waals surface area contributed by atoms with Gasteiger partial charge in [0.1, 0.15) is 0 Å². The number of nitrogens with one attached hydrogen (secondary N) is 1. The second kappa shape index (κ2) is 5.55. The molecule has 0 bridgehead atoms. The number of unbranched alkanes of at least 4 members (excludes halogenated alkanes) is 1. The Labute approximate surface area is 76.3 Å². The molecule has 0 spiro atoms. The zero-order chi connectivity index (χ0) is 8.81. The zero-order valence-electron chi connectivity index (χ0n) is 8.47. The van der Waals surface area contributed by atoms with Crippen molar-refractivity contribution in [2.75, 3.05) is 13.1 Å². The third-order valence-electron chi connectivity index (χ3n) is 2.59. The average Bonchev–Trinajstić information content (AvgIpc) is 2.50. The van der Waals surface area contributed by atoms with Gasteiger partial charge in [-0.05, 0) is 19.3 Å². The van der Waals surface area contributed by atoms with Crippen LogP contribution in [0.5, 0.6) is 0 Å². The van der Waals surface area contributed by atoms with Crippen LogP contribution in [0.15, 0.2) is 0 Å². The molecule has 1 N–H and O–H groups in total. The molecule has 1 fully saturated rings. The van der Waals surface area contributed by atoms with E-state index in [1.807, 2.05) is 0 Å². The van der Waals surface area contributed by atoms with Crippen molar-refractivity contribution in [3.63, 3.8) is 0 Å². The number of hydrogen-bond donors (Lipinski definition) is 1. The first kappa shape index (κ1) is 10.0. The quantitative estimate of drug-likeness (QED) is 0.680. The second-order valence-corrected chi connectivity index (χ2v) is 3.69. The SMILES string of the molecule is CCCCC1CCNN1CCC. The Kier molecular flexibility index (Phi) is 4.62. The maximum atomic E-state index is 3.45. The number of hydrogen-bond acceptors (Lipinski definition) is 2. The van der Waals surface area contributed by atoms with Gasteiger partial charge >= 0.3 is 0 Å². The maximum Gasteiger partial charge on any atom is 0.0256 e. The first-order valence-corrected chi connectivity index (χ1v) is 5.38. The second-order valence-electron chi connectivity index (χ2n) is 3.69. The van der Waals surface area contributed by atoms with Gasteiger partial charge in [-0.15, -0.1) is 0 Å². The summed E-state index contributed by atoms with van der Waals surface area (Å²) in [6, 6.07) is 0.824. The molecule has 12 heavy (non-hydrogen) atoms. The van der Waals surface area contributed by atoms with Crippen molar-refractivity contribution >= 4 is 0 Å². The molecule has 0 saturated carbocycles. The van der Waals surface area contributed by atoms with Crippen LogP contribution in [0.25, 0.3) is 0 Å². The van der Waals surface area contributed by atoms with Gasteiger partial charge in [0.15, 0.2) is 0 Å². The van der Waals surface area contributed by atoms with Gasteiger partial charge in [0.05, 0.1) is 0 Å². The highest BCUT2D eigenvalue weighted by Crippen LogP contribution is 2.15. The fourth-order valence-corrected chi connectivity index (χ4v) is 1.90. The summed E-state index contributed by atoms with van der Waals surface area (Å²) in [6.07, 6.45) is 6.70. The summed E-state index contributed by atoms with van der Waals surface area (Å²) in [6.45, 7) is 6.92. The van der Waals surface area contributed by atoms with E-state index in [-0.39, 0.29) is 0 Å². The molecule has 1 unspecified atom stereocenters. The number of hydrazine groups is 1. The lowest BCUT2D eigenvalue weighted by Gasteiger charge is -2.23. The fourth-order valence-electron chi connectivity index (χ4n) is 1.90. The van der Waals surface area contributed by atoms with Gasteiger partial charge < -0.3 is 0 Å². The molecular formula is C10H22N2. The summed E-state index contributed by atoms with van der Waals surface area (Å²) >= 11 is 0. The normalized spacial score (nSPS) is 25.0. The molecule has 1 saturated heterocycles. The van der Waals surface area contributed by atoms with Gasteiger partial charge in [0.25, 0.3) is 0 Å². The highest BCUT2D eigenvalue weighted by Gasteiger charge is 2.21. The zero-order valence-corrected chi connectivity index (χ0v) is 8.47. The maximum absolute atomic E-state index is 3.45. The molecule has 1 aliphatic rings. The average molecular weight is 170 g/mol. The van der Waals surface area contributed by atoms with Gasteiger partial charge in [-0.2, -0.15) is 0 Å². The molecule has 2 nitrogen and oxygen atoms in total. The Morgan fingerprint density at radius 3 is 2.83 bits per heavy atom. The van der Waals surface area contributed by atoms with E-state index >= 15 is 0 Å². The minimum absolute atomic E-state index is 0.824. The molecule has 72 valence electrons. The van der Waals surface area contributed by atoms with Crippen LogP contribution in [-0.4, -0.2) is 24.1 Å². The van der Waals surface area contributed by atoms with E-state index in [0.717, 1.165) is 6.04 Å². The lowest BCUT2D eigenvalue weighted by molar-refractivity contribution is 0.177. The van der Waals surface area contributed by atoms with E-state index in [4.69, 9.17) is 0 Å². The lowest BCUT2D eigenvalue weighted by atomic mass is 10.1. The summed E-state index contributed by atoms with van der Waals surface area (Å²) in [4.78, 5) is 0. The number of rotatable bonds is 5. The smallest absolute Gasteiger partial charge is 0.0256 e. The molecular weight excluding hydrogens is 148 g/mol. The highest BCUT2D eigenvalue weighted by molar-refractivity contribution is 4.75. The van der Waals surface area contributed by atoms with Gasteiger partial charge in [0, 0.05) is 19.1 Å². The van der Waals surface area contributed by atoms with E-state index in [2.05, 4.69) is 24.3 Å². The summed E-state index contributed by atoms with van der Waals surface area (Å²) in [5.41, 5.74) is 3.45. The van der Waals surface area contributed by atoms with Crippen molar-refractivity contribution < 1.29 is 0 Å². The van der Waals surface area contributed by atoms with Crippen LogP contribution in [0.1, 0.15) is 46.0 Å². The molecule has 0 radical (unpaired) electrons. The van der Waals surface area contributed by atoms with Crippen molar-refractivity contribution in [2.24, 2.45) is 0 Å². The van der Waals surface area contributed by atoms with Gasteiger partial charge in [0.2, 0.25) is 0 Å². The number of nitrogens with zero attached hydrogens (tertiary/aromatic N) is 1. The van der Waals surface area contributed by atoms with Crippen molar-refractivity contribution in [1.29, 1.82) is 0 Å². The molecule has 2 heteroatoms. The summed E-state index contributed by atoms with van der Waals surface area (Å²) in [5, 5.41) is 2.44. The summed E-state index contributed by atoms with van der Waals surface area (Å²) < 4.78 is 0. The molecule has 1 atom stereocenters. The minimum atomic E-state index is 0.824. The van der Waals surface area contributed by atoms with E-state index in [1.54, 1.807) is 0 Å². The Bertz CT molecular complexity index is 114. The fraction of sp³-hybridized carbons (Fsp3) is 1.00. The minimum Gasteiger partial charge on any atom is -0.255 e. The van der Waals surface area contributed by atoms with Gasteiger partial charge in [-0.25, -0.2) is 5.01 Å². The third-order valence-corrected chi connectivity index (χ3v) is 2.59. The van der Waals surface area contributed by atoms with Crippen LogP contribution in [0.3, 0.4) is 0 Å². The Morgan fingerprint density at radius 2 is 2.17 bits per heavy atom. The van der Waals surface area contributed by atoms with Gasteiger partial charge in [-0.3, -0.25) is 5.43 Å². The Balaban J connectivity index is 2.20. The summed E-state index contributed by atoms with van der Waals surface area (Å²) in [7, 11) is 0. The molecule has 0 aromatic rings. The van der Waals surface area contributed by atoms with E-state index in [1.165, 1.54) is 45.2 Å². The van der Waals surface area contributed by atoms with E-state index < -0.39 is 0 Å². The predicted octanol–water partition coefficient (Wildman–Crippen LogP) is 2.17. The lowest BCUT2D eigenvalue weighted by Crippen LogP contribution is -2.37. The standard InChI is InChI=1S/C10H22N2/c1-3-5-6-10-7-8-11-12(10)9-4-2/h10-11H,3-9H2,1-2H3. The van der Waals surface area contributed by atoms with Crippen molar-refractivity contribution in [1.82, 2.24) is 10.4 Å². The predicted molar refractivity (Wildman–Crippen MR) is 52.9 cm³/mol. The Morgan fingerprint density at radius 1 is 1.33 bits per heavy atom. The van der Waals surface area contributed by atoms with Crippen molar-refractivity contribution in [2.45, 2.75) is 52.0 Å². The van der Waals surface area contributed by atoms with E-state index in [9.17, 15) is 0 Å². The van der Waals surface area contributed by atoms with E-state index in [0.29, 0.717) is 0 Å². The largest absolute Gasteiger partial charge is 0.255 e. The van der Waals surface area contributed by atoms with Crippen LogP contribution in [-0.2, 0) is 0 Å². The first-order valence-electron chi connectivity index (χ1n) is 5.38. The van der Waals surface area contributed by atoms with Crippen molar-refractivity contribution in [3.8, 4) is 0 Å². The first-order chi connectivity index (χ1) is 5.88. The van der Waals surface area contributed by atoms with Crippen molar-refractivity contribution in [3.05, 3.63) is 0 Å². The Hall–Kier alpha value is -0.0800. The third kappa shape index (κ3) is 2.76. The van der Waals surface area contributed by atoms with Crippen LogP contribution in [0.4, 0.5) is 0 Å². The highest BCUT2D eigenvalue weighted by atomic mass is 15.5. The monoisotopic (exact) mass is 170 g/mol. The van der Waals surface area contributed by atoms with Crippen LogP contribution in [0.2, 0.25) is 0 Å². The molecule has 0 aromatic heterocycles.